The summed E-state index contributed by atoms with van der Waals surface area (Å²) in [7, 11) is 0. The van der Waals surface area contributed by atoms with Crippen LogP contribution in [0, 0.1) is 17.8 Å². The molecule has 3 fully saturated rings. The van der Waals surface area contributed by atoms with Crippen molar-refractivity contribution < 1.29 is 20.4 Å². The van der Waals surface area contributed by atoms with E-state index >= 15 is 0 Å². The Kier molecular flexibility index (Phi) is 12.5. The second-order valence-corrected chi connectivity index (χ2v) is 14.9. The first-order valence-electron chi connectivity index (χ1n) is 18.9. The van der Waals surface area contributed by atoms with Gasteiger partial charge in [-0.05, 0) is 161 Å². The summed E-state index contributed by atoms with van der Waals surface area (Å²) < 4.78 is 0. The predicted molar refractivity (Wildman–Crippen MR) is 196 cm³/mol. The van der Waals surface area contributed by atoms with Crippen LogP contribution >= 0.6 is 0 Å². The number of aliphatic hydroxyl groups excluding tert-OH is 4. The van der Waals surface area contributed by atoms with Gasteiger partial charge in [0, 0.05) is 55.0 Å². The second-order valence-electron chi connectivity index (χ2n) is 14.9. The zero-order valence-corrected chi connectivity index (χ0v) is 28.8. The van der Waals surface area contributed by atoms with Crippen molar-refractivity contribution >= 4 is 17.1 Å². The molecule has 0 unspecified atom stereocenters. The molecule has 3 aromatic carbocycles. The van der Waals surface area contributed by atoms with Gasteiger partial charge in [-0.15, -0.1) is 0 Å². The molecule has 6 rings (SSSR count). The molecule has 4 N–H and O–H groups in total. The Morgan fingerprint density at radius 2 is 0.833 bits per heavy atom. The lowest BCUT2D eigenvalue weighted by Crippen LogP contribution is -2.47. The zero-order valence-electron chi connectivity index (χ0n) is 28.8. The van der Waals surface area contributed by atoms with Crippen LogP contribution in [0.1, 0.15) is 93.7 Å². The van der Waals surface area contributed by atoms with Crippen molar-refractivity contribution in [3.05, 3.63) is 89.5 Å². The number of benzene rings is 3. The third-order valence-electron chi connectivity index (χ3n) is 12.0. The number of hydrogen-bond donors (Lipinski definition) is 4. The highest BCUT2D eigenvalue weighted by molar-refractivity contribution is 5.65. The van der Waals surface area contributed by atoms with Crippen molar-refractivity contribution in [2.45, 2.75) is 115 Å². The molecule has 0 aliphatic heterocycles. The highest BCUT2D eigenvalue weighted by atomic mass is 16.3. The number of rotatable bonds is 13. The van der Waals surface area contributed by atoms with Gasteiger partial charge in [-0.2, -0.15) is 0 Å². The van der Waals surface area contributed by atoms with Gasteiger partial charge in [0.2, 0.25) is 0 Å². The summed E-state index contributed by atoms with van der Waals surface area (Å²) in [5.74, 6) is 2.05. The van der Waals surface area contributed by atoms with E-state index in [0.29, 0.717) is 43.5 Å². The van der Waals surface area contributed by atoms with Gasteiger partial charge in [-0.25, -0.2) is 0 Å². The van der Waals surface area contributed by atoms with Crippen LogP contribution in [0.25, 0.3) is 0 Å². The fourth-order valence-corrected chi connectivity index (χ4v) is 9.26. The molecule has 3 aromatic rings. The quantitative estimate of drug-likeness (QED) is 0.152. The number of aliphatic hydroxyl groups is 4. The molecule has 0 bridgehead atoms. The first-order valence-corrected chi connectivity index (χ1v) is 18.9. The van der Waals surface area contributed by atoms with Crippen molar-refractivity contribution in [3.8, 4) is 0 Å². The molecule has 260 valence electrons. The lowest BCUT2D eigenvalue weighted by atomic mass is 9.70. The molecule has 0 radical (unpaired) electrons. The van der Waals surface area contributed by atoms with Crippen molar-refractivity contribution in [2.24, 2.45) is 17.8 Å². The summed E-state index contributed by atoms with van der Waals surface area (Å²) in [5, 5.41) is 38.2. The molecule has 0 saturated heterocycles. The van der Waals surface area contributed by atoms with Crippen LogP contribution in [0.4, 0.5) is 17.1 Å². The van der Waals surface area contributed by atoms with Gasteiger partial charge in [-0.1, -0.05) is 36.4 Å². The molecule has 3 aliphatic rings. The summed E-state index contributed by atoms with van der Waals surface area (Å²) in [5.41, 5.74) is 7.04. The van der Waals surface area contributed by atoms with E-state index in [1.54, 1.807) is 0 Å². The van der Waals surface area contributed by atoms with E-state index in [9.17, 15) is 20.4 Å². The average molecular weight is 655 g/mol. The second kappa shape index (κ2) is 17.2. The minimum Gasteiger partial charge on any atom is -0.396 e. The van der Waals surface area contributed by atoms with Crippen LogP contribution in [-0.2, 0) is 19.4 Å². The maximum absolute atomic E-state index is 9.76. The highest BCUT2D eigenvalue weighted by Gasteiger charge is 2.37. The van der Waals surface area contributed by atoms with Crippen LogP contribution in [0.3, 0.4) is 0 Å². The Bertz CT molecular complexity index is 1300. The molecule has 0 aromatic heterocycles. The lowest BCUT2D eigenvalue weighted by Gasteiger charge is -2.47. The standard InChI is InChI=1S/C42H58N2O4/c45-27-25-31-1-13-37(14-2-31)43(38-15-3-32(4-16-38)26-28-46)41-21-9-35(10-22-41)36-11-23-42(24-12-36)44(39-17-5-33(29-47)6-18-39)40-19-7-34(30-48)8-20-40/h1-6,13-18,34-36,40-42,45-48H,7-12,19-30H2. The van der Waals surface area contributed by atoms with Gasteiger partial charge in [0.25, 0.3) is 0 Å². The Labute approximate surface area is 288 Å². The van der Waals surface area contributed by atoms with E-state index in [4.69, 9.17) is 0 Å². The highest BCUT2D eigenvalue weighted by Crippen LogP contribution is 2.44. The SMILES string of the molecule is OCCc1ccc(N(c2ccc(CCO)cc2)C2CCC(C3CCC(N(c4ccc(CO)cc4)C4CCC(CO)CC4)CC3)CC2)cc1. The van der Waals surface area contributed by atoms with E-state index in [0.717, 1.165) is 54.2 Å². The van der Waals surface area contributed by atoms with Gasteiger partial charge in [0.15, 0.2) is 0 Å². The van der Waals surface area contributed by atoms with Gasteiger partial charge in [-0.3, -0.25) is 0 Å². The van der Waals surface area contributed by atoms with Crippen LogP contribution in [-0.4, -0.2) is 58.4 Å². The van der Waals surface area contributed by atoms with Crippen molar-refractivity contribution in [1.82, 2.24) is 0 Å². The average Bonchev–Trinajstić information content (AvgIpc) is 3.15. The fraction of sp³-hybridized carbons (Fsp3) is 0.571. The molecule has 3 saturated carbocycles. The third-order valence-corrected chi connectivity index (χ3v) is 12.0. The summed E-state index contributed by atoms with van der Waals surface area (Å²) in [6, 6.07) is 27.7. The molecule has 6 nitrogen and oxygen atoms in total. The first kappa shape index (κ1) is 34.9. The van der Waals surface area contributed by atoms with Crippen molar-refractivity contribution in [3.63, 3.8) is 0 Å². The minimum atomic E-state index is 0.0841. The molecule has 0 spiro atoms. The van der Waals surface area contributed by atoms with E-state index < -0.39 is 0 Å². The first-order chi connectivity index (χ1) is 23.6. The number of hydrogen-bond acceptors (Lipinski definition) is 6. The molecular formula is C42H58N2O4. The molecule has 6 heteroatoms. The molecule has 0 amide bonds. The Morgan fingerprint density at radius 1 is 0.438 bits per heavy atom. The van der Waals surface area contributed by atoms with Crippen LogP contribution in [0.2, 0.25) is 0 Å². The third kappa shape index (κ3) is 8.45. The molecule has 48 heavy (non-hydrogen) atoms. The number of nitrogens with zero attached hydrogens (tertiary/aromatic N) is 2. The largest absolute Gasteiger partial charge is 0.396 e. The van der Waals surface area contributed by atoms with Crippen LogP contribution in [0.15, 0.2) is 72.8 Å². The summed E-state index contributed by atoms with van der Waals surface area (Å²) >= 11 is 0. The molecular weight excluding hydrogens is 596 g/mol. The van der Waals surface area contributed by atoms with Crippen LogP contribution in [0.5, 0.6) is 0 Å². The maximum Gasteiger partial charge on any atom is 0.0681 e. The Hall–Kier alpha value is -2.90. The van der Waals surface area contributed by atoms with Gasteiger partial charge >= 0.3 is 0 Å². The fourth-order valence-electron chi connectivity index (χ4n) is 9.26. The maximum atomic E-state index is 9.76. The van der Waals surface area contributed by atoms with E-state index in [-0.39, 0.29) is 19.8 Å². The van der Waals surface area contributed by atoms with Crippen molar-refractivity contribution in [1.29, 1.82) is 0 Å². The molecule has 0 heterocycles. The normalized spacial score (nSPS) is 26.2. The van der Waals surface area contributed by atoms with Gasteiger partial charge < -0.3 is 30.2 Å². The summed E-state index contributed by atoms with van der Waals surface area (Å²) in [6.07, 6.45) is 15.9. The Balaban J connectivity index is 1.10. The topological polar surface area (TPSA) is 87.4 Å². The van der Waals surface area contributed by atoms with E-state index in [2.05, 4.69) is 82.6 Å². The molecule has 0 atom stereocenters. The van der Waals surface area contributed by atoms with E-state index in [1.807, 2.05) is 0 Å². The zero-order chi connectivity index (χ0) is 33.3. The predicted octanol–water partition coefficient (Wildman–Crippen LogP) is 7.56. The smallest absolute Gasteiger partial charge is 0.0681 e. The van der Waals surface area contributed by atoms with Gasteiger partial charge in [0.1, 0.15) is 0 Å². The summed E-state index contributed by atoms with van der Waals surface area (Å²) in [4.78, 5) is 5.29. The van der Waals surface area contributed by atoms with Crippen molar-refractivity contribution in [2.75, 3.05) is 29.6 Å². The summed E-state index contributed by atoms with van der Waals surface area (Å²) in [6.45, 7) is 0.739. The Morgan fingerprint density at radius 3 is 1.25 bits per heavy atom. The minimum absolute atomic E-state index is 0.0841. The van der Waals surface area contributed by atoms with E-state index in [1.165, 1.54) is 68.4 Å². The molecule has 3 aliphatic carbocycles. The monoisotopic (exact) mass is 654 g/mol. The number of anilines is 3. The lowest BCUT2D eigenvalue weighted by molar-refractivity contribution is 0.160. The van der Waals surface area contributed by atoms with Gasteiger partial charge in [0.05, 0.1) is 6.61 Å². The van der Waals surface area contributed by atoms with Crippen LogP contribution < -0.4 is 9.80 Å².